The molecule has 1 aliphatic heterocycles. The Hall–Kier alpha value is -1.77. The highest BCUT2D eigenvalue weighted by Crippen LogP contribution is 2.33. The van der Waals surface area contributed by atoms with E-state index in [-0.39, 0.29) is 18.0 Å². The van der Waals surface area contributed by atoms with E-state index in [0.717, 1.165) is 35.0 Å². The summed E-state index contributed by atoms with van der Waals surface area (Å²) in [5, 5.41) is 2.55. The highest BCUT2D eigenvalue weighted by Gasteiger charge is 2.21. The van der Waals surface area contributed by atoms with Gasteiger partial charge in [0.2, 0.25) is 0 Å². The quantitative estimate of drug-likeness (QED) is 0.884. The van der Waals surface area contributed by atoms with Crippen LogP contribution in [0.1, 0.15) is 23.3 Å². The summed E-state index contributed by atoms with van der Waals surface area (Å²) in [4.78, 5) is 31.5. The number of nitrogens with one attached hydrogen (secondary N) is 1. The molecule has 0 aromatic carbocycles. The van der Waals surface area contributed by atoms with Crippen LogP contribution in [0.4, 0.5) is 0 Å². The number of aromatic nitrogens is 2. The van der Waals surface area contributed by atoms with Gasteiger partial charge in [-0.25, -0.2) is 9.99 Å². The second kappa shape index (κ2) is 6.62. The average Bonchev–Trinajstić information content (AvgIpc) is 2.97. The fourth-order valence-electron chi connectivity index (χ4n) is 3.34. The number of ether oxygens (including phenoxy) is 1. The van der Waals surface area contributed by atoms with E-state index in [0.29, 0.717) is 26.3 Å². The third-order valence-electron chi connectivity index (χ3n) is 4.55. The summed E-state index contributed by atoms with van der Waals surface area (Å²) in [7, 11) is 0. The fourth-order valence-corrected chi connectivity index (χ4v) is 4.55. The van der Waals surface area contributed by atoms with Gasteiger partial charge in [0.25, 0.3) is 11.5 Å². The molecule has 1 N–H and O–H groups in total. The monoisotopic (exact) mass is 348 g/mol. The number of rotatable bonds is 3. The van der Waals surface area contributed by atoms with Crippen LogP contribution in [0.25, 0.3) is 10.2 Å². The number of carbonyl (C=O) groups excluding carboxylic acids is 1. The molecule has 0 unspecified atom stereocenters. The summed E-state index contributed by atoms with van der Waals surface area (Å²) in [6.07, 6.45) is 5.76. The molecule has 8 heteroatoms. The van der Waals surface area contributed by atoms with Crippen LogP contribution in [0.15, 0.2) is 11.1 Å². The minimum Gasteiger partial charge on any atom is -0.379 e. The van der Waals surface area contributed by atoms with E-state index >= 15 is 0 Å². The summed E-state index contributed by atoms with van der Waals surface area (Å²) in [6.45, 7) is 2.53. The van der Waals surface area contributed by atoms with Crippen LogP contribution in [0.2, 0.25) is 0 Å². The Labute approximate surface area is 143 Å². The van der Waals surface area contributed by atoms with Crippen LogP contribution in [0.5, 0.6) is 0 Å². The van der Waals surface area contributed by atoms with E-state index < -0.39 is 0 Å². The van der Waals surface area contributed by atoms with E-state index in [1.807, 2.05) is 5.01 Å². The normalized spacial score (nSPS) is 18.5. The molecular weight excluding hydrogens is 328 g/mol. The van der Waals surface area contributed by atoms with Crippen molar-refractivity contribution in [3.63, 3.8) is 0 Å². The summed E-state index contributed by atoms with van der Waals surface area (Å²) in [5.74, 6) is -0.204. The number of thiophene rings is 1. The second-order valence-electron chi connectivity index (χ2n) is 6.20. The number of morpholine rings is 1. The van der Waals surface area contributed by atoms with Crippen molar-refractivity contribution in [2.24, 2.45) is 0 Å². The van der Waals surface area contributed by atoms with Crippen molar-refractivity contribution < 1.29 is 9.53 Å². The Morgan fingerprint density at radius 2 is 2.08 bits per heavy atom. The number of carbonyl (C=O) groups is 1. The van der Waals surface area contributed by atoms with Gasteiger partial charge in [0.15, 0.2) is 0 Å². The lowest BCUT2D eigenvalue weighted by atomic mass is 9.97. The van der Waals surface area contributed by atoms with Gasteiger partial charge < -0.3 is 4.74 Å². The van der Waals surface area contributed by atoms with Crippen LogP contribution >= 0.6 is 11.3 Å². The molecule has 0 saturated carbocycles. The number of hydrogen-bond acceptors (Lipinski definition) is 6. The van der Waals surface area contributed by atoms with Gasteiger partial charge in [-0.2, -0.15) is 0 Å². The first-order chi connectivity index (χ1) is 11.7. The Bertz CT molecular complexity index is 823. The number of hydrazine groups is 1. The molecule has 1 saturated heterocycles. The zero-order valence-corrected chi connectivity index (χ0v) is 14.2. The zero-order valence-electron chi connectivity index (χ0n) is 13.4. The van der Waals surface area contributed by atoms with E-state index in [1.165, 1.54) is 22.2 Å². The standard InChI is InChI=1S/C16H20N4O3S/c21-13(18-20-5-7-23-8-6-20)9-19-10-17-15-14(16(19)22)11-3-1-2-4-12(11)24-15/h10H,1-9H2,(H,18,21). The Balaban J connectivity index is 1.57. The number of hydrogen-bond donors (Lipinski definition) is 1. The van der Waals surface area contributed by atoms with Crippen LogP contribution < -0.4 is 11.0 Å². The zero-order chi connectivity index (χ0) is 16.5. The molecule has 1 fully saturated rings. The molecule has 0 spiro atoms. The first-order valence-electron chi connectivity index (χ1n) is 8.34. The van der Waals surface area contributed by atoms with Crippen molar-refractivity contribution in [1.82, 2.24) is 20.0 Å². The van der Waals surface area contributed by atoms with E-state index in [1.54, 1.807) is 11.3 Å². The highest BCUT2D eigenvalue weighted by atomic mass is 32.1. The highest BCUT2D eigenvalue weighted by molar-refractivity contribution is 7.18. The topological polar surface area (TPSA) is 76.5 Å². The lowest BCUT2D eigenvalue weighted by Gasteiger charge is -2.26. The predicted octanol–water partition coefficient (Wildman–Crippen LogP) is 0.700. The Kier molecular flexibility index (Phi) is 4.34. The molecule has 1 amide bonds. The van der Waals surface area contributed by atoms with Gasteiger partial charge in [0.1, 0.15) is 11.4 Å². The van der Waals surface area contributed by atoms with Crippen LogP contribution in [0, 0.1) is 0 Å². The minimum atomic E-state index is -0.204. The van der Waals surface area contributed by atoms with Gasteiger partial charge in [-0.15, -0.1) is 11.3 Å². The number of fused-ring (bicyclic) bond motifs is 3. The Morgan fingerprint density at radius 3 is 2.92 bits per heavy atom. The van der Waals surface area contributed by atoms with Gasteiger partial charge >= 0.3 is 0 Å². The maximum atomic E-state index is 12.8. The van der Waals surface area contributed by atoms with Crippen molar-refractivity contribution in [3.8, 4) is 0 Å². The van der Waals surface area contributed by atoms with Gasteiger partial charge in [-0.05, 0) is 31.2 Å². The molecule has 4 rings (SSSR count). The van der Waals surface area contributed by atoms with Crippen molar-refractivity contribution in [2.45, 2.75) is 32.2 Å². The lowest BCUT2D eigenvalue weighted by molar-refractivity contribution is -0.128. The van der Waals surface area contributed by atoms with E-state index in [4.69, 9.17) is 4.74 Å². The molecular formula is C16H20N4O3S. The molecule has 0 radical (unpaired) electrons. The third-order valence-corrected chi connectivity index (χ3v) is 5.75. The molecule has 1 aliphatic carbocycles. The molecule has 2 aromatic heterocycles. The molecule has 7 nitrogen and oxygen atoms in total. The molecule has 0 bridgehead atoms. The van der Waals surface area contributed by atoms with Crippen LogP contribution in [-0.4, -0.2) is 46.8 Å². The van der Waals surface area contributed by atoms with Crippen molar-refractivity contribution >= 4 is 27.5 Å². The van der Waals surface area contributed by atoms with E-state index in [2.05, 4.69) is 10.4 Å². The molecule has 128 valence electrons. The maximum absolute atomic E-state index is 12.8. The van der Waals surface area contributed by atoms with Crippen LogP contribution in [0.3, 0.4) is 0 Å². The first-order valence-corrected chi connectivity index (χ1v) is 9.16. The predicted molar refractivity (Wildman–Crippen MR) is 91.1 cm³/mol. The summed E-state index contributed by atoms with van der Waals surface area (Å²) >= 11 is 1.62. The summed E-state index contributed by atoms with van der Waals surface area (Å²) in [6, 6.07) is 0. The van der Waals surface area contributed by atoms with Crippen molar-refractivity contribution in [1.29, 1.82) is 0 Å². The van der Waals surface area contributed by atoms with Crippen molar-refractivity contribution in [2.75, 3.05) is 26.3 Å². The molecule has 3 heterocycles. The van der Waals surface area contributed by atoms with E-state index in [9.17, 15) is 9.59 Å². The molecule has 24 heavy (non-hydrogen) atoms. The smallest absolute Gasteiger partial charge is 0.262 e. The molecule has 2 aromatic rings. The molecule has 0 atom stereocenters. The van der Waals surface area contributed by atoms with Crippen molar-refractivity contribution in [3.05, 3.63) is 27.1 Å². The second-order valence-corrected chi connectivity index (χ2v) is 7.29. The largest absolute Gasteiger partial charge is 0.379 e. The lowest BCUT2D eigenvalue weighted by Crippen LogP contribution is -2.49. The van der Waals surface area contributed by atoms with Gasteiger partial charge in [0, 0.05) is 18.0 Å². The number of aryl methyl sites for hydroxylation is 2. The first kappa shape index (κ1) is 15.7. The average molecular weight is 348 g/mol. The summed E-state index contributed by atoms with van der Waals surface area (Å²) in [5.41, 5.74) is 3.88. The maximum Gasteiger partial charge on any atom is 0.262 e. The fraction of sp³-hybridized carbons (Fsp3) is 0.562. The number of nitrogens with zero attached hydrogens (tertiary/aromatic N) is 3. The van der Waals surface area contributed by atoms with Gasteiger partial charge in [0.05, 0.1) is 24.9 Å². The number of amides is 1. The molecule has 2 aliphatic rings. The summed E-state index contributed by atoms with van der Waals surface area (Å²) < 4.78 is 6.67. The minimum absolute atomic E-state index is 0.0102. The van der Waals surface area contributed by atoms with Crippen LogP contribution in [-0.2, 0) is 28.9 Å². The Morgan fingerprint density at radius 1 is 1.29 bits per heavy atom. The van der Waals surface area contributed by atoms with Gasteiger partial charge in [-0.3, -0.25) is 19.6 Å². The van der Waals surface area contributed by atoms with Gasteiger partial charge in [-0.1, -0.05) is 0 Å². The third kappa shape index (κ3) is 2.97. The SMILES string of the molecule is O=C(Cn1cnc2sc3c(c2c1=O)CCCC3)NN1CCOCC1.